The van der Waals surface area contributed by atoms with Crippen molar-refractivity contribution in [2.75, 3.05) is 11.9 Å². The van der Waals surface area contributed by atoms with Gasteiger partial charge in [0.05, 0.1) is 0 Å². The molecule has 3 heteroatoms. The van der Waals surface area contributed by atoms with Crippen LogP contribution in [0.3, 0.4) is 0 Å². The van der Waals surface area contributed by atoms with E-state index in [1.165, 1.54) is 5.56 Å². The first-order chi connectivity index (χ1) is 10.2. The summed E-state index contributed by atoms with van der Waals surface area (Å²) in [5, 5.41) is 3.47. The van der Waals surface area contributed by atoms with Crippen LogP contribution in [0.5, 0.6) is 5.75 Å². The van der Waals surface area contributed by atoms with Crippen LogP contribution in [0.4, 0.5) is 5.69 Å². The Labute approximate surface area is 134 Å². The molecular weight excluding hydrogens is 326 g/mol. The Balaban J connectivity index is 2.11. The molecule has 0 radical (unpaired) electrons. The van der Waals surface area contributed by atoms with Crippen molar-refractivity contribution >= 4 is 21.6 Å². The first kappa shape index (κ1) is 15.5. The molecule has 0 unspecified atom stereocenters. The van der Waals surface area contributed by atoms with Gasteiger partial charge in [0, 0.05) is 22.3 Å². The van der Waals surface area contributed by atoms with Crippen LogP contribution in [-0.2, 0) is 13.0 Å². The van der Waals surface area contributed by atoms with E-state index in [4.69, 9.17) is 11.2 Å². The quantitative estimate of drug-likeness (QED) is 0.771. The Hall–Kier alpha value is -1.92. The van der Waals surface area contributed by atoms with E-state index in [-0.39, 0.29) is 6.61 Å². The van der Waals surface area contributed by atoms with Crippen LogP contribution in [-0.4, -0.2) is 6.61 Å². The monoisotopic (exact) mass is 343 g/mol. The topological polar surface area (TPSA) is 21.3 Å². The van der Waals surface area contributed by atoms with Crippen LogP contribution in [0.2, 0.25) is 0 Å². The maximum absolute atomic E-state index is 5.57. The highest BCUT2D eigenvalue weighted by Gasteiger charge is 2.05. The van der Waals surface area contributed by atoms with Gasteiger partial charge in [-0.3, -0.25) is 0 Å². The molecule has 0 aromatic heterocycles. The van der Waals surface area contributed by atoms with Gasteiger partial charge < -0.3 is 10.1 Å². The van der Waals surface area contributed by atoms with Gasteiger partial charge in [0.1, 0.15) is 12.4 Å². The predicted octanol–water partition coefficient (Wildman–Crippen LogP) is 4.64. The van der Waals surface area contributed by atoms with Crippen LogP contribution in [0.25, 0.3) is 0 Å². The summed E-state index contributed by atoms with van der Waals surface area (Å²) in [4.78, 5) is 0. The first-order valence-electron chi connectivity index (χ1n) is 6.91. The van der Waals surface area contributed by atoms with E-state index in [1.807, 2.05) is 30.3 Å². The highest BCUT2D eigenvalue weighted by Crippen LogP contribution is 2.24. The lowest BCUT2D eigenvalue weighted by Gasteiger charge is -2.14. The molecule has 2 nitrogen and oxygen atoms in total. The number of nitrogens with one attached hydrogen (secondary N) is 1. The summed E-state index contributed by atoms with van der Waals surface area (Å²) in [6.07, 6.45) is 6.23. The Kier molecular flexibility index (Phi) is 5.71. The first-order valence-corrected chi connectivity index (χ1v) is 7.70. The van der Waals surface area contributed by atoms with Crippen molar-refractivity contribution < 1.29 is 4.74 Å². The second-order valence-corrected chi connectivity index (χ2v) is 5.52. The third kappa shape index (κ3) is 4.27. The molecule has 0 aliphatic carbocycles. The van der Waals surface area contributed by atoms with Gasteiger partial charge >= 0.3 is 0 Å². The fraction of sp³-hybridized carbons (Fsp3) is 0.222. The Morgan fingerprint density at radius 3 is 2.76 bits per heavy atom. The molecular formula is C18H18BrNO. The molecule has 0 saturated heterocycles. The van der Waals surface area contributed by atoms with Crippen LogP contribution in [0.15, 0.2) is 46.9 Å². The largest absolute Gasteiger partial charge is 0.481 e. The Morgan fingerprint density at radius 2 is 2.00 bits per heavy atom. The van der Waals surface area contributed by atoms with Crippen LogP contribution < -0.4 is 10.1 Å². The summed E-state index contributed by atoms with van der Waals surface area (Å²) in [7, 11) is 0. The standard InChI is InChI=1S/C18H18BrNO/c1-3-11-21-18-8-6-5-7-15(18)13-20-17-10-9-16(19)12-14(17)4-2/h1,5-10,12,20H,4,11,13H2,2H3. The number of anilines is 1. The molecule has 0 spiro atoms. The van der Waals surface area contributed by atoms with Gasteiger partial charge in [-0.1, -0.05) is 47.0 Å². The number of halogens is 1. The second kappa shape index (κ2) is 7.75. The van der Waals surface area contributed by atoms with Crippen LogP contribution >= 0.6 is 15.9 Å². The van der Waals surface area contributed by atoms with E-state index in [0.717, 1.165) is 27.9 Å². The minimum Gasteiger partial charge on any atom is -0.481 e. The van der Waals surface area contributed by atoms with Crippen molar-refractivity contribution in [1.29, 1.82) is 0 Å². The minimum atomic E-state index is 0.287. The zero-order valence-corrected chi connectivity index (χ0v) is 13.6. The molecule has 2 aromatic carbocycles. The van der Waals surface area contributed by atoms with Crippen molar-refractivity contribution in [3.8, 4) is 18.1 Å². The smallest absolute Gasteiger partial charge is 0.148 e. The van der Waals surface area contributed by atoms with Crippen molar-refractivity contribution in [3.63, 3.8) is 0 Å². The average molecular weight is 344 g/mol. The molecule has 0 aliphatic heterocycles. The fourth-order valence-electron chi connectivity index (χ4n) is 2.13. The number of benzene rings is 2. The molecule has 0 amide bonds. The van der Waals surface area contributed by atoms with E-state index in [2.05, 4.69) is 46.2 Å². The average Bonchev–Trinajstić information content (AvgIpc) is 2.52. The summed E-state index contributed by atoms with van der Waals surface area (Å²) in [6, 6.07) is 14.2. The van der Waals surface area contributed by atoms with Crippen molar-refractivity contribution in [1.82, 2.24) is 0 Å². The van der Waals surface area contributed by atoms with E-state index < -0.39 is 0 Å². The van der Waals surface area contributed by atoms with E-state index >= 15 is 0 Å². The van der Waals surface area contributed by atoms with Crippen molar-refractivity contribution in [3.05, 3.63) is 58.1 Å². The summed E-state index contributed by atoms with van der Waals surface area (Å²) in [6.45, 7) is 3.14. The summed E-state index contributed by atoms with van der Waals surface area (Å²) >= 11 is 3.51. The van der Waals surface area contributed by atoms with Gasteiger partial charge in [0.15, 0.2) is 0 Å². The van der Waals surface area contributed by atoms with Gasteiger partial charge in [-0.15, -0.1) is 6.42 Å². The lowest BCUT2D eigenvalue weighted by Crippen LogP contribution is -2.05. The molecule has 1 N–H and O–H groups in total. The van der Waals surface area contributed by atoms with Gasteiger partial charge in [0.2, 0.25) is 0 Å². The van der Waals surface area contributed by atoms with Gasteiger partial charge in [-0.25, -0.2) is 0 Å². The highest BCUT2D eigenvalue weighted by molar-refractivity contribution is 9.10. The van der Waals surface area contributed by atoms with E-state index in [1.54, 1.807) is 0 Å². The normalized spacial score (nSPS) is 9.95. The lowest BCUT2D eigenvalue weighted by atomic mass is 10.1. The predicted molar refractivity (Wildman–Crippen MR) is 91.6 cm³/mol. The molecule has 2 rings (SSSR count). The zero-order valence-electron chi connectivity index (χ0n) is 12.0. The van der Waals surface area contributed by atoms with Gasteiger partial charge in [-0.05, 0) is 36.2 Å². The number of terminal acetylenes is 1. The summed E-state index contributed by atoms with van der Waals surface area (Å²) in [5.41, 5.74) is 3.52. The highest BCUT2D eigenvalue weighted by atomic mass is 79.9. The zero-order chi connectivity index (χ0) is 15.1. The van der Waals surface area contributed by atoms with E-state index in [0.29, 0.717) is 6.54 Å². The number of aryl methyl sites for hydroxylation is 1. The van der Waals surface area contributed by atoms with Gasteiger partial charge in [0.25, 0.3) is 0 Å². The van der Waals surface area contributed by atoms with Crippen molar-refractivity contribution in [2.24, 2.45) is 0 Å². The maximum atomic E-state index is 5.57. The molecule has 21 heavy (non-hydrogen) atoms. The van der Waals surface area contributed by atoms with Crippen LogP contribution in [0, 0.1) is 12.3 Å². The molecule has 2 aromatic rings. The molecule has 0 aliphatic rings. The third-order valence-electron chi connectivity index (χ3n) is 3.20. The summed E-state index contributed by atoms with van der Waals surface area (Å²) < 4.78 is 6.67. The fourth-order valence-corrected chi connectivity index (χ4v) is 2.54. The number of para-hydroxylation sites is 1. The number of hydrogen-bond acceptors (Lipinski definition) is 2. The number of ether oxygens (including phenoxy) is 1. The van der Waals surface area contributed by atoms with Crippen LogP contribution in [0.1, 0.15) is 18.1 Å². The van der Waals surface area contributed by atoms with Gasteiger partial charge in [-0.2, -0.15) is 0 Å². The molecule has 0 fully saturated rings. The molecule has 108 valence electrons. The maximum Gasteiger partial charge on any atom is 0.148 e. The number of hydrogen-bond donors (Lipinski definition) is 1. The Bertz CT molecular complexity index is 646. The van der Waals surface area contributed by atoms with E-state index in [9.17, 15) is 0 Å². The number of rotatable bonds is 6. The summed E-state index contributed by atoms with van der Waals surface area (Å²) in [5.74, 6) is 3.33. The van der Waals surface area contributed by atoms with Crippen molar-refractivity contribution in [2.45, 2.75) is 19.9 Å². The molecule has 0 saturated carbocycles. The lowest BCUT2D eigenvalue weighted by molar-refractivity contribution is 0.366. The second-order valence-electron chi connectivity index (χ2n) is 4.61. The molecule has 0 bridgehead atoms. The third-order valence-corrected chi connectivity index (χ3v) is 3.69. The SMILES string of the molecule is C#CCOc1ccccc1CNc1ccc(Br)cc1CC. The molecule has 0 heterocycles. The minimum absolute atomic E-state index is 0.287. The Morgan fingerprint density at radius 1 is 1.19 bits per heavy atom. The molecule has 0 atom stereocenters.